The molecule has 3 aromatic rings. The number of hydrogen-bond donors (Lipinski definition) is 2. The normalized spacial score (nSPS) is 17.3. The summed E-state index contributed by atoms with van der Waals surface area (Å²) in [7, 11) is 0. The molecule has 1 fully saturated rings. The number of oxazole rings is 1. The van der Waals surface area contributed by atoms with E-state index in [2.05, 4.69) is 20.5 Å². The minimum Gasteiger partial charge on any atom is -0.445 e. The van der Waals surface area contributed by atoms with Crippen molar-refractivity contribution in [2.45, 2.75) is 25.9 Å². The second kappa shape index (κ2) is 6.21. The van der Waals surface area contributed by atoms with Crippen LogP contribution in [0.15, 0.2) is 28.3 Å². The zero-order chi connectivity index (χ0) is 16.5. The SMILES string of the molecule is Cc1ccsc1-c1cc(NC(=O)c2ncoc2[C@H]2CCCO2)n[nH]1. The number of ether oxygens (including phenoxy) is 1. The highest BCUT2D eigenvalue weighted by Crippen LogP contribution is 2.31. The minimum atomic E-state index is -0.352. The van der Waals surface area contributed by atoms with Gasteiger partial charge in [0, 0.05) is 12.7 Å². The van der Waals surface area contributed by atoms with E-state index in [9.17, 15) is 4.79 Å². The van der Waals surface area contributed by atoms with E-state index in [1.165, 1.54) is 12.0 Å². The molecule has 4 rings (SSSR count). The lowest BCUT2D eigenvalue weighted by Gasteiger charge is -2.07. The Morgan fingerprint density at radius 1 is 1.50 bits per heavy atom. The van der Waals surface area contributed by atoms with E-state index in [-0.39, 0.29) is 17.7 Å². The van der Waals surface area contributed by atoms with E-state index in [1.807, 2.05) is 24.4 Å². The summed E-state index contributed by atoms with van der Waals surface area (Å²) in [6, 6.07) is 3.85. The summed E-state index contributed by atoms with van der Waals surface area (Å²) in [5.74, 6) is 0.578. The van der Waals surface area contributed by atoms with Crippen molar-refractivity contribution >= 4 is 23.1 Å². The van der Waals surface area contributed by atoms with E-state index in [0.717, 1.165) is 23.4 Å². The molecule has 0 bridgehead atoms. The number of nitrogens with one attached hydrogen (secondary N) is 2. The van der Waals surface area contributed by atoms with Crippen LogP contribution in [0.5, 0.6) is 0 Å². The maximum absolute atomic E-state index is 12.5. The first-order chi connectivity index (χ1) is 11.7. The second-order valence-corrected chi connectivity index (χ2v) is 6.54. The maximum atomic E-state index is 12.5. The van der Waals surface area contributed by atoms with Crippen LogP contribution in [0.25, 0.3) is 10.6 Å². The van der Waals surface area contributed by atoms with Gasteiger partial charge in [-0.1, -0.05) is 0 Å². The smallest absolute Gasteiger partial charge is 0.279 e. The monoisotopic (exact) mass is 344 g/mol. The van der Waals surface area contributed by atoms with Gasteiger partial charge in [0.15, 0.2) is 23.7 Å². The summed E-state index contributed by atoms with van der Waals surface area (Å²) in [4.78, 5) is 17.6. The van der Waals surface area contributed by atoms with Crippen molar-refractivity contribution in [1.29, 1.82) is 0 Å². The Kier molecular flexibility index (Phi) is 3.91. The third-order valence-corrected chi connectivity index (χ3v) is 5.01. The number of carbonyl (C=O) groups excluding carboxylic acids is 1. The number of carbonyl (C=O) groups is 1. The average Bonchev–Trinajstić information content (AvgIpc) is 3.34. The molecule has 1 aliphatic heterocycles. The molecule has 1 atom stereocenters. The number of aryl methyl sites for hydroxylation is 1. The van der Waals surface area contributed by atoms with E-state index in [4.69, 9.17) is 9.15 Å². The predicted octanol–water partition coefficient (Wildman–Crippen LogP) is 3.54. The molecule has 24 heavy (non-hydrogen) atoms. The first-order valence-electron chi connectivity index (χ1n) is 7.68. The van der Waals surface area contributed by atoms with Crippen LogP contribution in [0.3, 0.4) is 0 Å². The van der Waals surface area contributed by atoms with Gasteiger partial charge in [-0.25, -0.2) is 4.98 Å². The van der Waals surface area contributed by atoms with Crippen LogP contribution in [-0.4, -0.2) is 27.7 Å². The summed E-state index contributed by atoms with van der Waals surface area (Å²) in [6.45, 7) is 2.71. The topological polar surface area (TPSA) is 93.0 Å². The number of aromatic amines is 1. The summed E-state index contributed by atoms with van der Waals surface area (Å²) in [5.41, 5.74) is 2.29. The Balaban J connectivity index is 1.52. The van der Waals surface area contributed by atoms with Gasteiger partial charge in [-0.2, -0.15) is 5.10 Å². The number of anilines is 1. The summed E-state index contributed by atoms with van der Waals surface area (Å²) >= 11 is 1.62. The number of thiophene rings is 1. The van der Waals surface area contributed by atoms with Crippen molar-refractivity contribution in [2.75, 3.05) is 11.9 Å². The van der Waals surface area contributed by atoms with Gasteiger partial charge in [0.1, 0.15) is 6.10 Å². The molecule has 4 heterocycles. The summed E-state index contributed by atoms with van der Waals surface area (Å²) in [5, 5.41) is 11.9. The number of nitrogens with zero attached hydrogens (tertiary/aromatic N) is 2. The van der Waals surface area contributed by atoms with Gasteiger partial charge >= 0.3 is 0 Å². The molecule has 0 aliphatic carbocycles. The Bertz CT molecular complexity index is 860. The zero-order valence-corrected chi connectivity index (χ0v) is 13.9. The Hall–Kier alpha value is -2.45. The van der Waals surface area contributed by atoms with Gasteiger partial charge < -0.3 is 14.5 Å². The number of amides is 1. The molecule has 0 unspecified atom stereocenters. The lowest BCUT2D eigenvalue weighted by atomic mass is 10.1. The fourth-order valence-corrected chi connectivity index (χ4v) is 3.66. The fourth-order valence-electron chi connectivity index (χ4n) is 2.76. The van der Waals surface area contributed by atoms with Gasteiger partial charge in [-0.15, -0.1) is 11.3 Å². The molecule has 1 saturated heterocycles. The molecule has 1 aliphatic rings. The molecule has 8 heteroatoms. The molecule has 124 valence electrons. The van der Waals surface area contributed by atoms with Crippen molar-refractivity contribution in [3.63, 3.8) is 0 Å². The van der Waals surface area contributed by atoms with E-state index < -0.39 is 0 Å². The van der Waals surface area contributed by atoms with Crippen LogP contribution in [0.4, 0.5) is 5.82 Å². The first kappa shape index (κ1) is 15.1. The fraction of sp³-hybridized carbons (Fsp3) is 0.312. The number of hydrogen-bond acceptors (Lipinski definition) is 6. The lowest BCUT2D eigenvalue weighted by molar-refractivity contribution is 0.0889. The molecule has 2 N–H and O–H groups in total. The molecular formula is C16H16N4O3S. The minimum absolute atomic E-state index is 0.197. The molecular weight excluding hydrogens is 328 g/mol. The molecule has 3 aromatic heterocycles. The average molecular weight is 344 g/mol. The highest BCUT2D eigenvalue weighted by atomic mass is 32.1. The van der Waals surface area contributed by atoms with E-state index in [1.54, 1.807) is 11.3 Å². The highest BCUT2D eigenvalue weighted by Gasteiger charge is 2.28. The molecule has 0 spiro atoms. The third-order valence-electron chi connectivity index (χ3n) is 3.96. The van der Waals surface area contributed by atoms with Crippen molar-refractivity contribution < 1.29 is 13.9 Å². The molecule has 0 aromatic carbocycles. The number of H-pyrrole nitrogens is 1. The number of rotatable bonds is 4. The Morgan fingerprint density at radius 2 is 2.42 bits per heavy atom. The van der Waals surface area contributed by atoms with Gasteiger partial charge in [0.25, 0.3) is 5.91 Å². The first-order valence-corrected chi connectivity index (χ1v) is 8.56. The highest BCUT2D eigenvalue weighted by molar-refractivity contribution is 7.13. The van der Waals surface area contributed by atoms with Crippen molar-refractivity contribution in [1.82, 2.24) is 15.2 Å². The molecule has 0 saturated carbocycles. The number of aromatic nitrogens is 3. The standard InChI is InChI=1S/C16H16N4O3S/c1-9-4-6-24-15(9)10-7-12(20-19-10)18-16(21)13-14(23-8-17-13)11-3-2-5-22-11/h4,6-8,11H,2-3,5H2,1H3,(H2,18,19,20,21)/t11-/m1/s1. The zero-order valence-electron chi connectivity index (χ0n) is 13.0. The van der Waals surface area contributed by atoms with Crippen LogP contribution in [0, 0.1) is 6.92 Å². The quantitative estimate of drug-likeness (QED) is 0.755. The second-order valence-electron chi connectivity index (χ2n) is 5.62. The summed E-state index contributed by atoms with van der Waals surface area (Å²) in [6.07, 6.45) is 2.86. The van der Waals surface area contributed by atoms with Crippen LogP contribution >= 0.6 is 11.3 Å². The molecule has 0 radical (unpaired) electrons. The summed E-state index contributed by atoms with van der Waals surface area (Å²) < 4.78 is 10.9. The van der Waals surface area contributed by atoms with Crippen LogP contribution in [0.1, 0.15) is 40.8 Å². The largest absolute Gasteiger partial charge is 0.445 e. The van der Waals surface area contributed by atoms with Crippen molar-refractivity contribution in [3.8, 4) is 10.6 Å². The third kappa shape index (κ3) is 2.74. The van der Waals surface area contributed by atoms with Crippen molar-refractivity contribution in [2.24, 2.45) is 0 Å². The van der Waals surface area contributed by atoms with Gasteiger partial charge in [-0.05, 0) is 36.8 Å². The van der Waals surface area contributed by atoms with Gasteiger partial charge in [-0.3, -0.25) is 9.89 Å². The van der Waals surface area contributed by atoms with Crippen molar-refractivity contribution in [3.05, 3.63) is 40.9 Å². The van der Waals surface area contributed by atoms with Gasteiger partial charge in [0.2, 0.25) is 0 Å². The predicted molar refractivity (Wildman–Crippen MR) is 89.0 cm³/mol. The molecule has 7 nitrogen and oxygen atoms in total. The van der Waals surface area contributed by atoms with Crippen LogP contribution < -0.4 is 5.32 Å². The van der Waals surface area contributed by atoms with Gasteiger partial charge in [0.05, 0.1) is 10.6 Å². The van der Waals surface area contributed by atoms with Crippen LogP contribution in [0.2, 0.25) is 0 Å². The van der Waals surface area contributed by atoms with Crippen LogP contribution in [-0.2, 0) is 4.74 Å². The lowest BCUT2D eigenvalue weighted by Crippen LogP contribution is -2.15. The Morgan fingerprint density at radius 3 is 3.17 bits per heavy atom. The van der Waals surface area contributed by atoms with E-state index >= 15 is 0 Å². The Labute approximate surface area is 142 Å². The van der Waals surface area contributed by atoms with E-state index in [0.29, 0.717) is 18.2 Å². The maximum Gasteiger partial charge on any atom is 0.279 e. The molecule has 1 amide bonds.